The van der Waals surface area contributed by atoms with Crippen molar-refractivity contribution in [2.45, 2.75) is 12.8 Å². The van der Waals surface area contributed by atoms with E-state index in [2.05, 4.69) is 9.80 Å². The SMILES string of the molecule is CS(=O)(=O)CCN1CCN(CC(=O)N2CCCC2)CC1. The van der Waals surface area contributed by atoms with Gasteiger partial charge in [-0.15, -0.1) is 0 Å². The number of likely N-dealkylation sites (tertiary alicyclic amines) is 1. The summed E-state index contributed by atoms with van der Waals surface area (Å²) in [5, 5.41) is 0. The smallest absolute Gasteiger partial charge is 0.236 e. The summed E-state index contributed by atoms with van der Waals surface area (Å²) in [4.78, 5) is 18.3. The summed E-state index contributed by atoms with van der Waals surface area (Å²) >= 11 is 0. The maximum absolute atomic E-state index is 12.0. The number of amides is 1. The maximum Gasteiger partial charge on any atom is 0.236 e. The molecule has 0 aromatic carbocycles. The number of carbonyl (C=O) groups is 1. The molecule has 0 spiro atoms. The van der Waals surface area contributed by atoms with Crippen LogP contribution in [0.3, 0.4) is 0 Å². The van der Waals surface area contributed by atoms with Gasteiger partial charge in [-0.3, -0.25) is 14.6 Å². The van der Waals surface area contributed by atoms with Crippen LogP contribution < -0.4 is 0 Å². The van der Waals surface area contributed by atoms with Gasteiger partial charge in [-0.25, -0.2) is 8.42 Å². The lowest BCUT2D eigenvalue weighted by Gasteiger charge is -2.34. The molecule has 0 aromatic heterocycles. The standard InChI is InChI=1S/C13H25N3O3S/c1-20(18,19)11-10-14-6-8-15(9-7-14)12-13(17)16-4-2-3-5-16/h2-12H2,1H3. The van der Waals surface area contributed by atoms with Gasteiger partial charge < -0.3 is 4.90 Å². The summed E-state index contributed by atoms with van der Waals surface area (Å²) in [6, 6.07) is 0. The highest BCUT2D eigenvalue weighted by molar-refractivity contribution is 7.90. The van der Waals surface area contributed by atoms with E-state index in [9.17, 15) is 13.2 Å². The van der Waals surface area contributed by atoms with Crippen molar-refractivity contribution in [2.75, 3.05) is 64.4 Å². The van der Waals surface area contributed by atoms with E-state index in [4.69, 9.17) is 0 Å². The maximum atomic E-state index is 12.0. The summed E-state index contributed by atoms with van der Waals surface area (Å²) in [5.74, 6) is 0.465. The normalized spacial score (nSPS) is 22.4. The lowest BCUT2D eigenvalue weighted by molar-refractivity contribution is -0.131. The molecule has 2 aliphatic rings. The first kappa shape index (κ1) is 15.7. The van der Waals surface area contributed by atoms with Gasteiger partial charge in [0.25, 0.3) is 0 Å². The van der Waals surface area contributed by atoms with E-state index >= 15 is 0 Å². The second-order valence-electron chi connectivity index (χ2n) is 5.84. The van der Waals surface area contributed by atoms with Crippen LogP contribution in [0.1, 0.15) is 12.8 Å². The summed E-state index contributed by atoms with van der Waals surface area (Å²) in [7, 11) is -2.88. The van der Waals surface area contributed by atoms with Crippen LogP contribution >= 0.6 is 0 Å². The van der Waals surface area contributed by atoms with Gasteiger partial charge in [-0.2, -0.15) is 0 Å². The van der Waals surface area contributed by atoms with Crippen molar-refractivity contribution < 1.29 is 13.2 Å². The van der Waals surface area contributed by atoms with Crippen LogP contribution in [0, 0.1) is 0 Å². The third kappa shape index (κ3) is 5.03. The predicted molar refractivity (Wildman–Crippen MR) is 78.4 cm³/mol. The van der Waals surface area contributed by atoms with Gasteiger partial charge >= 0.3 is 0 Å². The fraction of sp³-hybridized carbons (Fsp3) is 0.923. The zero-order valence-corrected chi connectivity index (χ0v) is 13.1. The molecule has 1 amide bonds. The van der Waals surface area contributed by atoms with Gasteiger partial charge in [0.15, 0.2) is 0 Å². The molecule has 2 fully saturated rings. The Morgan fingerprint density at radius 2 is 1.50 bits per heavy atom. The molecule has 2 aliphatic heterocycles. The second kappa shape index (κ2) is 6.87. The third-order valence-electron chi connectivity index (χ3n) is 4.06. The van der Waals surface area contributed by atoms with Crippen molar-refractivity contribution in [3.8, 4) is 0 Å². The molecule has 2 heterocycles. The molecule has 0 atom stereocenters. The van der Waals surface area contributed by atoms with E-state index < -0.39 is 9.84 Å². The fourth-order valence-electron chi connectivity index (χ4n) is 2.72. The van der Waals surface area contributed by atoms with Crippen molar-refractivity contribution in [3.05, 3.63) is 0 Å². The lowest BCUT2D eigenvalue weighted by Crippen LogP contribution is -2.50. The second-order valence-corrected chi connectivity index (χ2v) is 8.10. The van der Waals surface area contributed by atoms with E-state index in [1.54, 1.807) is 0 Å². The van der Waals surface area contributed by atoms with Gasteiger partial charge in [0.2, 0.25) is 5.91 Å². The van der Waals surface area contributed by atoms with Gasteiger partial charge in [0, 0.05) is 52.1 Å². The molecule has 0 aliphatic carbocycles. The van der Waals surface area contributed by atoms with E-state index in [0.29, 0.717) is 13.1 Å². The fourth-order valence-corrected chi connectivity index (χ4v) is 3.31. The van der Waals surface area contributed by atoms with Crippen molar-refractivity contribution >= 4 is 15.7 Å². The van der Waals surface area contributed by atoms with Crippen molar-refractivity contribution in [1.82, 2.24) is 14.7 Å². The molecule has 7 heteroatoms. The summed E-state index contributed by atoms with van der Waals surface area (Å²) in [5.41, 5.74) is 0. The molecular formula is C13H25N3O3S. The molecule has 0 N–H and O–H groups in total. The molecule has 0 bridgehead atoms. The van der Waals surface area contributed by atoms with Crippen LogP contribution in [0.25, 0.3) is 0 Å². The number of piperazine rings is 1. The monoisotopic (exact) mass is 303 g/mol. The molecule has 116 valence electrons. The van der Waals surface area contributed by atoms with Gasteiger partial charge in [-0.1, -0.05) is 0 Å². The molecule has 0 unspecified atom stereocenters. The number of rotatable bonds is 5. The minimum Gasteiger partial charge on any atom is -0.342 e. The molecule has 6 nitrogen and oxygen atoms in total. The highest BCUT2D eigenvalue weighted by Crippen LogP contribution is 2.09. The van der Waals surface area contributed by atoms with Crippen LogP contribution in [0.4, 0.5) is 0 Å². The Morgan fingerprint density at radius 1 is 0.950 bits per heavy atom. The third-order valence-corrected chi connectivity index (χ3v) is 4.99. The van der Waals surface area contributed by atoms with Crippen LogP contribution in [-0.2, 0) is 14.6 Å². The Balaban J connectivity index is 1.67. The zero-order chi connectivity index (χ0) is 14.6. The molecule has 2 saturated heterocycles. The van der Waals surface area contributed by atoms with E-state index in [1.165, 1.54) is 6.26 Å². The minimum absolute atomic E-state index is 0.222. The number of hydrogen-bond donors (Lipinski definition) is 0. The van der Waals surface area contributed by atoms with E-state index in [-0.39, 0.29) is 11.7 Å². The Morgan fingerprint density at radius 3 is 2.05 bits per heavy atom. The van der Waals surface area contributed by atoms with Crippen LogP contribution in [0.2, 0.25) is 0 Å². The summed E-state index contributed by atoms with van der Waals surface area (Å²) in [6.45, 7) is 6.34. The highest BCUT2D eigenvalue weighted by Gasteiger charge is 2.23. The molecule has 0 aromatic rings. The number of nitrogens with zero attached hydrogens (tertiary/aromatic N) is 3. The zero-order valence-electron chi connectivity index (χ0n) is 12.3. The first-order valence-electron chi connectivity index (χ1n) is 7.34. The van der Waals surface area contributed by atoms with Crippen LogP contribution in [0.5, 0.6) is 0 Å². The summed E-state index contributed by atoms with van der Waals surface area (Å²) in [6.07, 6.45) is 3.54. The van der Waals surface area contributed by atoms with E-state index in [1.807, 2.05) is 4.90 Å². The number of hydrogen-bond acceptors (Lipinski definition) is 5. The summed E-state index contributed by atoms with van der Waals surface area (Å²) < 4.78 is 22.3. The molecule has 0 radical (unpaired) electrons. The average Bonchev–Trinajstić information content (AvgIpc) is 2.91. The van der Waals surface area contributed by atoms with Crippen LogP contribution in [0.15, 0.2) is 0 Å². The first-order chi connectivity index (χ1) is 9.44. The van der Waals surface area contributed by atoms with Crippen molar-refractivity contribution in [1.29, 1.82) is 0 Å². The molecule has 2 rings (SSSR count). The first-order valence-corrected chi connectivity index (χ1v) is 9.40. The Labute approximate surface area is 121 Å². The molecule has 0 saturated carbocycles. The molecule has 20 heavy (non-hydrogen) atoms. The quantitative estimate of drug-likeness (QED) is 0.670. The average molecular weight is 303 g/mol. The van der Waals surface area contributed by atoms with Crippen LogP contribution in [-0.4, -0.2) is 93.4 Å². The Kier molecular flexibility index (Phi) is 5.40. The van der Waals surface area contributed by atoms with Gasteiger partial charge in [0.1, 0.15) is 9.84 Å². The number of carbonyl (C=O) groups excluding carboxylic acids is 1. The van der Waals surface area contributed by atoms with E-state index in [0.717, 1.165) is 52.1 Å². The van der Waals surface area contributed by atoms with Gasteiger partial charge in [0.05, 0.1) is 12.3 Å². The van der Waals surface area contributed by atoms with Crippen molar-refractivity contribution in [2.24, 2.45) is 0 Å². The number of sulfone groups is 1. The Bertz CT molecular complexity index is 424. The highest BCUT2D eigenvalue weighted by atomic mass is 32.2. The lowest BCUT2D eigenvalue weighted by atomic mass is 10.3. The Hall–Kier alpha value is -0.660. The topological polar surface area (TPSA) is 60.9 Å². The van der Waals surface area contributed by atoms with Crippen molar-refractivity contribution in [3.63, 3.8) is 0 Å². The predicted octanol–water partition coefficient (Wildman–Crippen LogP) is -0.729. The molecular weight excluding hydrogens is 278 g/mol. The van der Waals surface area contributed by atoms with Gasteiger partial charge in [-0.05, 0) is 12.8 Å². The minimum atomic E-state index is -2.88. The largest absolute Gasteiger partial charge is 0.342 e.